The Morgan fingerprint density at radius 2 is 2.14 bits per heavy atom. The average Bonchev–Trinajstić information content (AvgIpc) is 2.66. The fraction of sp³-hybridized carbons (Fsp3) is 0.318. The molecule has 0 bridgehead atoms. The lowest BCUT2D eigenvalue weighted by molar-refractivity contribution is -0.137. The minimum atomic E-state index is -0.777. The van der Waals surface area contributed by atoms with Crippen LogP contribution in [0.3, 0.4) is 0 Å². The lowest BCUT2D eigenvalue weighted by Crippen LogP contribution is -2.30. The van der Waals surface area contributed by atoms with Crippen LogP contribution < -0.4 is 10.5 Å². The van der Waals surface area contributed by atoms with E-state index >= 15 is 0 Å². The van der Waals surface area contributed by atoms with Crippen LogP contribution >= 0.6 is 0 Å². The third kappa shape index (κ3) is 3.63. The monoisotopic (exact) mass is 378 g/mol. The lowest BCUT2D eigenvalue weighted by Gasteiger charge is -2.31. The standard InChI is InChI=1S/C22H22N2O4/c1-14-10-15(6-7-23-14)18-12-17-11-16-4-2-8-24(9-3-5-21(25)26)19(16)13-20(17)28-22(18)27/h6-7,10-13H,2-5,8-9H2,1H3,(H,25,26). The van der Waals surface area contributed by atoms with Crippen LogP contribution in [0.1, 0.15) is 30.5 Å². The van der Waals surface area contributed by atoms with Crippen molar-refractivity contribution in [1.29, 1.82) is 0 Å². The van der Waals surface area contributed by atoms with Gasteiger partial charge in [0.2, 0.25) is 0 Å². The Morgan fingerprint density at radius 3 is 2.93 bits per heavy atom. The number of carbonyl (C=O) groups is 1. The molecule has 0 fully saturated rings. The summed E-state index contributed by atoms with van der Waals surface area (Å²) in [5, 5.41) is 9.77. The number of rotatable bonds is 5. The van der Waals surface area contributed by atoms with Crippen LogP contribution in [0.4, 0.5) is 5.69 Å². The molecule has 6 nitrogen and oxygen atoms in total. The summed E-state index contributed by atoms with van der Waals surface area (Å²) >= 11 is 0. The van der Waals surface area contributed by atoms with Crippen LogP contribution in [-0.2, 0) is 11.2 Å². The van der Waals surface area contributed by atoms with E-state index < -0.39 is 5.97 Å². The number of aryl methyl sites for hydroxylation is 2. The predicted octanol–water partition coefficient (Wildman–Crippen LogP) is 3.78. The van der Waals surface area contributed by atoms with E-state index in [1.54, 1.807) is 6.20 Å². The van der Waals surface area contributed by atoms with Gasteiger partial charge < -0.3 is 14.4 Å². The summed E-state index contributed by atoms with van der Waals surface area (Å²) in [5.41, 5.74) is 4.62. The smallest absolute Gasteiger partial charge is 0.344 e. The maximum Gasteiger partial charge on any atom is 0.344 e. The molecule has 3 aromatic rings. The van der Waals surface area contributed by atoms with Gasteiger partial charge in [-0.2, -0.15) is 0 Å². The minimum Gasteiger partial charge on any atom is -0.481 e. The second-order valence-corrected chi connectivity index (χ2v) is 7.24. The summed E-state index contributed by atoms with van der Waals surface area (Å²) in [7, 11) is 0. The van der Waals surface area contributed by atoms with Gasteiger partial charge in [0.15, 0.2) is 0 Å². The maximum atomic E-state index is 12.6. The number of aromatic nitrogens is 1. The Balaban J connectivity index is 1.73. The number of pyridine rings is 1. The molecule has 0 spiro atoms. The summed E-state index contributed by atoms with van der Waals surface area (Å²) < 4.78 is 5.65. The second kappa shape index (κ2) is 7.46. The molecule has 0 amide bonds. The van der Waals surface area contributed by atoms with Crippen LogP contribution in [0.2, 0.25) is 0 Å². The molecule has 2 aromatic heterocycles. The first-order chi connectivity index (χ1) is 13.5. The van der Waals surface area contributed by atoms with Crippen molar-refractivity contribution >= 4 is 22.6 Å². The van der Waals surface area contributed by atoms with Crippen molar-refractivity contribution in [3.8, 4) is 11.1 Å². The summed E-state index contributed by atoms with van der Waals surface area (Å²) in [6.45, 7) is 3.46. The molecule has 0 unspecified atom stereocenters. The average molecular weight is 378 g/mol. The Hall–Kier alpha value is -3.15. The van der Waals surface area contributed by atoms with Gasteiger partial charge in [-0.15, -0.1) is 0 Å². The highest BCUT2D eigenvalue weighted by Crippen LogP contribution is 2.32. The maximum absolute atomic E-state index is 12.6. The number of nitrogens with zero attached hydrogens (tertiary/aromatic N) is 2. The molecule has 0 saturated carbocycles. The number of carboxylic acid groups (broad SMARTS) is 1. The highest BCUT2D eigenvalue weighted by atomic mass is 16.4. The highest BCUT2D eigenvalue weighted by Gasteiger charge is 2.19. The van der Waals surface area contributed by atoms with Crippen LogP contribution in [0.5, 0.6) is 0 Å². The number of hydrogen-bond acceptors (Lipinski definition) is 5. The van der Waals surface area contributed by atoms with Gasteiger partial charge in [0.25, 0.3) is 0 Å². The molecular formula is C22H22N2O4. The highest BCUT2D eigenvalue weighted by molar-refractivity contribution is 5.86. The predicted molar refractivity (Wildman–Crippen MR) is 108 cm³/mol. The molecule has 0 saturated heterocycles. The van der Waals surface area contributed by atoms with E-state index in [1.807, 2.05) is 31.2 Å². The van der Waals surface area contributed by atoms with Crippen molar-refractivity contribution in [3.63, 3.8) is 0 Å². The number of carboxylic acids is 1. The Bertz CT molecular complexity index is 1100. The molecule has 1 aromatic carbocycles. The van der Waals surface area contributed by atoms with Crippen molar-refractivity contribution in [3.05, 3.63) is 58.2 Å². The fourth-order valence-electron chi connectivity index (χ4n) is 3.85. The molecular weight excluding hydrogens is 356 g/mol. The normalized spacial score (nSPS) is 13.5. The van der Waals surface area contributed by atoms with E-state index in [-0.39, 0.29) is 12.0 Å². The molecule has 3 heterocycles. The Morgan fingerprint density at radius 1 is 1.29 bits per heavy atom. The van der Waals surface area contributed by atoms with E-state index in [0.717, 1.165) is 41.7 Å². The third-order valence-corrected chi connectivity index (χ3v) is 5.17. The fourth-order valence-corrected chi connectivity index (χ4v) is 3.85. The van der Waals surface area contributed by atoms with Crippen LogP contribution in [0.25, 0.3) is 22.1 Å². The molecule has 1 N–H and O–H groups in total. The molecule has 144 valence electrons. The molecule has 4 rings (SSSR count). The molecule has 0 radical (unpaired) electrons. The zero-order valence-electron chi connectivity index (χ0n) is 15.8. The number of fused-ring (bicyclic) bond motifs is 2. The van der Waals surface area contributed by atoms with Gasteiger partial charge in [-0.05, 0) is 61.6 Å². The largest absolute Gasteiger partial charge is 0.481 e. The number of hydrogen-bond donors (Lipinski definition) is 1. The molecule has 1 aliphatic heterocycles. The van der Waals surface area contributed by atoms with Crippen molar-refractivity contribution in [2.24, 2.45) is 0 Å². The van der Waals surface area contributed by atoms with Crippen molar-refractivity contribution in [1.82, 2.24) is 4.98 Å². The summed E-state index contributed by atoms with van der Waals surface area (Å²) in [5.74, 6) is -0.777. The quantitative estimate of drug-likeness (QED) is 0.680. The topological polar surface area (TPSA) is 83.6 Å². The SMILES string of the molecule is Cc1cc(-c2cc3cc4c(cc3oc2=O)N(CCCC(=O)O)CCC4)ccn1. The second-order valence-electron chi connectivity index (χ2n) is 7.24. The van der Waals surface area contributed by atoms with E-state index in [2.05, 4.69) is 16.0 Å². The van der Waals surface area contributed by atoms with Crippen LogP contribution in [0, 0.1) is 6.92 Å². The molecule has 1 aliphatic rings. The molecule has 28 heavy (non-hydrogen) atoms. The van der Waals surface area contributed by atoms with Gasteiger partial charge in [-0.1, -0.05) is 0 Å². The number of aliphatic carboxylic acids is 1. The van der Waals surface area contributed by atoms with Crippen molar-refractivity contribution in [2.45, 2.75) is 32.6 Å². The summed E-state index contributed by atoms with van der Waals surface area (Å²) in [6.07, 6.45) is 4.43. The molecule has 0 atom stereocenters. The van der Waals surface area contributed by atoms with E-state index in [4.69, 9.17) is 9.52 Å². The number of benzene rings is 1. The number of anilines is 1. The van der Waals surface area contributed by atoms with Gasteiger partial charge in [0, 0.05) is 48.5 Å². The molecule has 6 heteroatoms. The van der Waals surface area contributed by atoms with Gasteiger partial charge >= 0.3 is 11.6 Å². The first-order valence-corrected chi connectivity index (χ1v) is 9.52. The van der Waals surface area contributed by atoms with E-state index in [1.165, 1.54) is 5.56 Å². The minimum absolute atomic E-state index is 0.156. The van der Waals surface area contributed by atoms with Gasteiger partial charge in [-0.25, -0.2) is 4.79 Å². The summed E-state index contributed by atoms with van der Waals surface area (Å²) in [6, 6.07) is 9.59. The van der Waals surface area contributed by atoms with E-state index in [9.17, 15) is 9.59 Å². The first-order valence-electron chi connectivity index (χ1n) is 9.52. The molecule has 0 aliphatic carbocycles. The summed E-state index contributed by atoms with van der Waals surface area (Å²) in [4.78, 5) is 29.8. The van der Waals surface area contributed by atoms with Crippen molar-refractivity contribution in [2.75, 3.05) is 18.0 Å². The lowest BCUT2D eigenvalue weighted by atomic mass is 9.98. The third-order valence-electron chi connectivity index (χ3n) is 5.17. The van der Waals surface area contributed by atoms with E-state index in [0.29, 0.717) is 24.1 Å². The Kier molecular flexibility index (Phi) is 4.86. The van der Waals surface area contributed by atoms with Crippen LogP contribution in [-0.4, -0.2) is 29.1 Å². The van der Waals surface area contributed by atoms with Crippen LogP contribution in [0.15, 0.2) is 45.7 Å². The first kappa shape index (κ1) is 18.2. The van der Waals surface area contributed by atoms with Gasteiger partial charge in [-0.3, -0.25) is 9.78 Å². The zero-order valence-corrected chi connectivity index (χ0v) is 15.8. The van der Waals surface area contributed by atoms with Crippen molar-refractivity contribution < 1.29 is 14.3 Å². The van der Waals surface area contributed by atoms with Gasteiger partial charge in [0.1, 0.15) is 5.58 Å². The van der Waals surface area contributed by atoms with Gasteiger partial charge in [0.05, 0.1) is 5.56 Å². The Labute approximate surface area is 162 Å². The zero-order chi connectivity index (χ0) is 19.7.